The number of sulfonamides is 1. The van der Waals surface area contributed by atoms with Gasteiger partial charge in [-0.1, -0.05) is 19.1 Å². The van der Waals surface area contributed by atoms with E-state index in [1.54, 1.807) is 19.1 Å². The zero-order valence-electron chi connectivity index (χ0n) is 13.0. The normalized spacial score (nSPS) is 17.8. The van der Waals surface area contributed by atoms with Crippen LogP contribution >= 0.6 is 11.8 Å². The second-order valence-corrected chi connectivity index (χ2v) is 7.50. The van der Waals surface area contributed by atoms with Gasteiger partial charge in [0.15, 0.2) is 0 Å². The maximum atomic E-state index is 13.3. The van der Waals surface area contributed by atoms with Crippen molar-refractivity contribution in [2.75, 3.05) is 6.61 Å². The predicted molar refractivity (Wildman–Crippen MR) is 91.2 cm³/mol. The molecule has 0 saturated carbocycles. The van der Waals surface area contributed by atoms with Crippen molar-refractivity contribution in [2.45, 2.75) is 16.7 Å². The molecule has 1 heterocycles. The maximum Gasteiger partial charge on any atom is 0.286 e. The summed E-state index contributed by atoms with van der Waals surface area (Å²) >= 11 is 1.03. The van der Waals surface area contributed by atoms with Gasteiger partial charge < -0.3 is 9.84 Å². The Morgan fingerprint density at radius 1 is 1.32 bits per heavy atom. The van der Waals surface area contributed by atoms with Crippen LogP contribution in [0, 0.1) is 5.82 Å². The van der Waals surface area contributed by atoms with Gasteiger partial charge in [0, 0.05) is 4.90 Å². The van der Waals surface area contributed by atoms with Crippen molar-refractivity contribution < 1.29 is 22.7 Å². The number of ether oxygens (including phenoxy) is 1. The Hall–Kier alpha value is -2.39. The summed E-state index contributed by atoms with van der Waals surface area (Å²) in [4.78, 5) is 4.36. The predicted octanol–water partition coefficient (Wildman–Crippen LogP) is 2.15. The highest BCUT2D eigenvalue weighted by Crippen LogP contribution is 2.35. The number of allylic oxidation sites excluding steroid dienone is 5. The highest BCUT2D eigenvalue weighted by atomic mass is 32.2. The molecule has 25 heavy (non-hydrogen) atoms. The van der Waals surface area contributed by atoms with Crippen molar-refractivity contribution in [3.63, 3.8) is 0 Å². The lowest BCUT2D eigenvalue weighted by Crippen LogP contribution is -2.12. The molecule has 130 valence electrons. The maximum absolute atomic E-state index is 13.3. The molecule has 1 aliphatic carbocycles. The SMILES string of the molecule is CCOC([O-])=C1C=CC(=NC2=NS(=O)(=O)c3cc(F)ccc3S2)C=C1. The van der Waals surface area contributed by atoms with Crippen LogP contribution in [0.25, 0.3) is 0 Å². The van der Waals surface area contributed by atoms with E-state index >= 15 is 0 Å². The van der Waals surface area contributed by atoms with Crippen LogP contribution in [0.1, 0.15) is 6.92 Å². The number of hydrogen-bond donors (Lipinski definition) is 0. The molecule has 6 nitrogen and oxygen atoms in total. The Labute approximate surface area is 148 Å². The Bertz CT molecular complexity index is 958. The first kappa shape index (κ1) is 17.4. The molecule has 0 amide bonds. The summed E-state index contributed by atoms with van der Waals surface area (Å²) in [5.74, 6) is -1.09. The minimum absolute atomic E-state index is 0.0167. The first-order valence-corrected chi connectivity index (χ1v) is 9.46. The number of amidine groups is 1. The van der Waals surface area contributed by atoms with Gasteiger partial charge in [0.25, 0.3) is 10.0 Å². The zero-order chi connectivity index (χ0) is 18.0. The van der Waals surface area contributed by atoms with Crippen LogP contribution in [0.5, 0.6) is 0 Å². The highest BCUT2D eigenvalue weighted by Gasteiger charge is 2.26. The van der Waals surface area contributed by atoms with Crippen molar-refractivity contribution in [3.05, 3.63) is 59.8 Å². The van der Waals surface area contributed by atoms with E-state index in [0.717, 1.165) is 17.8 Å². The molecule has 0 fully saturated rings. The first-order valence-electron chi connectivity index (χ1n) is 7.20. The summed E-state index contributed by atoms with van der Waals surface area (Å²) in [5, 5.41) is 11.6. The molecule has 1 aromatic rings. The largest absolute Gasteiger partial charge is 0.613 e. The molecular weight excluding hydrogens is 367 g/mol. The average Bonchev–Trinajstić information content (AvgIpc) is 2.56. The van der Waals surface area contributed by atoms with Gasteiger partial charge in [-0.3, -0.25) is 0 Å². The van der Waals surface area contributed by atoms with Gasteiger partial charge in [-0.15, -0.1) is 4.40 Å². The fourth-order valence-electron chi connectivity index (χ4n) is 2.08. The van der Waals surface area contributed by atoms with Crippen molar-refractivity contribution in [1.29, 1.82) is 0 Å². The smallest absolute Gasteiger partial charge is 0.286 e. The number of thioether (sulfide) groups is 1. The van der Waals surface area contributed by atoms with E-state index in [9.17, 15) is 17.9 Å². The summed E-state index contributed by atoms with van der Waals surface area (Å²) in [6.07, 6.45) is 6.18. The Kier molecular flexibility index (Phi) is 4.78. The second-order valence-electron chi connectivity index (χ2n) is 4.92. The second kappa shape index (κ2) is 6.85. The minimum atomic E-state index is -4.00. The molecule has 9 heteroatoms. The summed E-state index contributed by atoms with van der Waals surface area (Å²) in [6.45, 7) is 1.99. The Balaban J connectivity index is 1.88. The van der Waals surface area contributed by atoms with E-state index in [1.807, 2.05) is 0 Å². The topological polar surface area (TPSA) is 91.2 Å². The lowest BCUT2D eigenvalue weighted by atomic mass is 10.1. The Morgan fingerprint density at radius 3 is 2.72 bits per heavy atom. The quantitative estimate of drug-likeness (QED) is 0.735. The number of aliphatic imine (C=N–C) groups is 1. The summed E-state index contributed by atoms with van der Waals surface area (Å²) in [5.41, 5.74) is 0.799. The zero-order valence-corrected chi connectivity index (χ0v) is 14.6. The molecule has 1 aromatic carbocycles. The van der Waals surface area contributed by atoms with Crippen LogP contribution in [0.3, 0.4) is 0 Å². The standard InChI is InChI=1S/C16H13FN2O4S2/c1-2-23-15(20)10-3-6-12(7-4-10)18-16-19-25(21,22)14-9-11(17)5-8-13(14)24-16/h3-9,20H,2H2,1H3/p-1. The fraction of sp³-hybridized carbons (Fsp3) is 0.125. The van der Waals surface area contributed by atoms with Crippen molar-refractivity contribution in [3.8, 4) is 0 Å². The molecule has 0 unspecified atom stereocenters. The first-order chi connectivity index (χ1) is 11.9. The van der Waals surface area contributed by atoms with Crippen molar-refractivity contribution in [2.24, 2.45) is 9.39 Å². The van der Waals surface area contributed by atoms with Gasteiger partial charge in [0.1, 0.15) is 10.7 Å². The number of nitrogens with zero attached hydrogens (tertiary/aromatic N) is 2. The third kappa shape index (κ3) is 3.83. The van der Waals surface area contributed by atoms with E-state index in [0.29, 0.717) is 16.2 Å². The van der Waals surface area contributed by atoms with Crippen LogP contribution in [-0.2, 0) is 14.8 Å². The van der Waals surface area contributed by atoms with E-state index in [4.69, 9.17) is 4.74 Å². The third-order valence-electron chi connectivity index (χ3n) is 3.19. The van der Waals surface area contributed by atoms with Gasteiger partial charge >= 0.3 is 0 Å². The van der Waals surface area contributed by atoms with Crippen LogP contribution in [0.4, 0.5) is 4.39 Å². The highest BCUT2D eigenvalue weighted by molar-refractivity contribution is 8.15. The molecule has 0 radical (unpaired) electrons. The number of hydrogen-bond acceptors (Lipinski definition) is 6. The molecule has 2 aliphatic rings. The average molecular weight is 379 g/mol. The lowest BCUT2D eigenvalue weighted by Gasteiger charge is -2.16. The lowest BCUT2D eigenvalue weighted by molar-refractivity contribution is -0.357. The molecule has 3 rings (SSSR count). The summed E-state index contributed by atoms with van der Waals surface area (Å²) in [7, 11) is -4.00. The van der Waals surface area contributed by atoms with E-state index in [1.165, 1.54) is 24.3 Å². The summed E-state index contributed by atoms with van der Waals surface area (Å²) < 4.78 is 46.1. The van der Waals surface area contributed by atoms with E-state index < -0.39 is 21.8 Å². The number of rotatable bonds is 2. The molecule has 1 aliphatic heterocycles. The van der Waals surface area contributed by atoms with Gasteiger partial charge in [0.05, 0.1) is 11.7 Å². The third-order valence-corrected chi connectivity index (χ3v) is 5.68. The van der Waals surface area contributed by atoms with Crippen LogP contribution < -0.4 is 5.11 Å². The van der Waals surface area contributed by atoms with Crippen LogP contribution in [-0.4, -0.2) is 25.9 Å². The minimum Gasteiger partial charge on any atom is -0.613 e. The molecule has 0 atom stereocenters. The van der Waals surface area contributed by atoms with E-state index in [2.05, 4.69) is 9.39 Å². The number of fused-ring (bicyclic) bond motifs is 1. The van der Waals surface area contributed by atoms with Crippen molar-refractivity contribution >= 4 is 32.7 Å². The fourth-order valence-corrected chi connectivity index (χ4v) is 4.53. The molecule has 0 aromatic heterocycles. The number of benzene rings is 1. The van der Waals surface area contributed by atoms with E-state index in [-0.39, 0.29) is 16.7 Å². The summed E-state index contributed by atoms with van der Waals surface area (Å²) in [6, 6.07) is 3.49. The molecule has 0 spiro atoms. The molecule has 0 saturated heterocycles. The van der Waals surface area contributed by atoms with Gasteiger partial charge in [0.2, 0.25) is 5.17 Å². The molecule has 0 N–H and O–H groups in total. The van der Waals surface area contributed by atoms with Crippen LogP contribution in [0.2, 0.25) is 0 Å². The van der Waals surface area contributed by atoms with Crippen molar-refractivity contribution in [1.82, 2.24) is 0 Å². The monoisotopic (exact) mass is 379 g/mol. The Morgan fingerprint density at radius 2 is 2.04 bits per heavy atom. The van der Waals surface area contributed by atoms with Gasteiger partial charge in [-0.25, -0.2) is 9.38 Å². The number of halogens is 1. The van der Waals surface area contributed by atoms with Crippen LogP contribution in [0.15, 0.2) is 73.2 Å². The molecular formula is C16H12FN2O4S2-. The van der Waals surface area contributed by atoms with Gasteiger partial charge in [-0.05, 0) is 54.3 Å². The molecule has 0 bridgehead atoms. The van der Waals surface area contributed by atoms with Gasteiger partial charge in [-0.2, -0.15) is 8.42 Å².